The summed E-state index contributed by atoms with van der Waals surface area (Å²) in [6, 6.07) is 49.6. The largest absolute Gasteiger partial charge is 0.215 e. The molecule has 0 aromatic heterocycles. The maximum Gasteiger partial charge on any atom is 0.0866 e. The first kappa shape index (κ1) is 28.3. The van der Waals surface area contributed by atoms with E-state index in [9.17, 15) is 0 Å². The number of nitrogens with zero attached hydrogens (tertiary/aromatic N) is 1. The summed E-state index contributed by atoms with van der Waals surface area (Å²) in [6.07, 6.45) is 3.42. The van der Waals surface area contributed by atoms with Crippen molar-refractivity contribution >= 4 is 39.6 Å². The van der Waals surface area contributed by atoms with Crippen LogP contribution in [0.1, 0.15) is 38.3 Å². The maximum absolute atomic E-state index is 5.06. The summed E-state index contributed by atoms with van der Waals surface area (Å²) >= 11 is 1.70. The average Bonchev–Trinajstić information content (AvgIpc) is 3.21. The van der Waals surface area contributed by atoms with Gasteiger partial charge < -0.3 is 0 Å². The van der Waals surface area contributed by atoms with E-state index in [0.29, 0.717) is 5.25 Å². The molecule has 1 aliphatic carbocycles. The van der Waals surface area contributed by atoms with Crippen LogP contribution in [0.25, 0.3) is 72.1 Å². The Balaban J connectivity index is 1.12. The van der Waals surface area contributed by atoms with Crippen LogP contribution in [0.5, 0.6) is 0 Å². The highest BCUT2D eigenvalue weighted by Crippen LogP contribution is 2.49. The third-order valence-electron chi connectivity index (χ3n) is 10.3. The molecule has 0 amide bonds. The fraction of sp³-hybridized carbons (Fsp3) is 0.133. The second-order valence-corrected chi connectivity index (χ2v) is 14.8. The topological polar surface area (TPSA) is 12.4 Å². The predicted molar refractivity (Wildman–Crippen MR) is 202 cm³/mol. The van der Waals surface area contributed by atoms with Gasteiger partial charge in [-0.15, -0.1) is 0 Å². The molecule has 2 aliphatic rings. The Morgan fingerprint density at radius 3 is 1.85 bits per heavy atom. The van der Waals surface area contributed by atoms with E-state index in [0.717, 1.165) is 11.8 Å². The zero-order valence-electron chi connectivity index (χ0n) is 26.9. The van der Waals surface area contributed by atoms with E-state index in [2.05, 4.69) is 160 Å². The van der Waals surface area contributed by atoms with E-state index in [1.165, 1.54) is 82.4 Å². The first-order valence-electron chi connectivity index (χ1n) is 16.6. The molecule has 0 N–H and O–H groups in total. The summed E-state index contributed by atoms with van der Waals surface area (Å²) in [5, 5.41) is 7.92. The lowest BCUT2D eigenvalue weighted by Gasteiger charge is -2.22. The van der Waals surface area contributed by atoms with Crippen molar-refractivity contribution in [3.63, 3.8) is 0 Å². The monoisotopic (exact) mass is 621 g/mol. The summed E-state index contributed by atoms with van der Waals surface area (Å²) in [7, 11) is 0. The van der Waals surface area contributed by atoms with Gasteiger partial charge in [0.15, 0.2) is 0 Å². The first-order chi connectivity index (χ1) is 23.0. The van der Waals surface area contributed by atoms with Crippen molar-refractivity contribution in [3.05, 3.63) is 155 Å². The number of hydrogen-bond acceptors (Lipinski definition) is 2. The van der Waals surface area contributed by atoms with Gasteiger partial charge in [0.05, 0.1) is 5.36 Å². The van der Waals surface area contributed by atoms with E-state index in [4.69, 9.17) is 4.40 Å². The third-order valence-corrected chi connectivity index (χ3v) is 11.2. The van der Waals surface area contributed by atoms with Crippen LogP contribution in [0.2, 0.25) is 0 Å². The Morgan fingerprint density at radius 1 is 0.532 bits per heavy atom. The van der Waals surface area contributed by atoms with Crippen LogP contribution in [-0.2, 0) is 5.41 Å². The van der Waals surface area contributed by atoms with Crippen molar-refractivity contribution in [3.8, 4) is 44.5 Å². The van der Waals surface area contributed by atoms with Gasteiger partial charge in [-0.25, -0.2) is 4.40 Å². The van der Waals surface area contributed by atoms with Crippen LogP contribution in [-0.4, -0.2) is 5.25 Å². The van der Waals surface area contributed by atoms with Crippen molar-refractivity contribution in [2.24, 2.45) is 4.40 Å². The van der Waals surface area contributed by atoms with Crippen molar-refractivity contribution in [2.75, 3.05) is 0 Å². The average molecular weight is 622 g/mol. The smallest absolute Gasteiger partial charge is 0.0866 e. The highest BCUT2D eigenvalue weighted by atomic mass is 32.2. The van der Waals surface area contributed by atoms with E-state index < -0.39 is 0 Å². The summed E-state index contributed by atoms with van der Waals surface area (Å²) in [4.78, 5) is 0. The quantitative estimate of drug-likeness (QED) is 0.141. The Bertz CT molecular complexity index is 2520. The molecular weight excluding hydrogens is 587 g/mol. The van der Waals surface area contributed by atoms with Crippen LogP contribution in [0.3, 0.4) is 0 Å². The lowest BCUT2D eigenvalue weighted by molar-refractivity contribution is 0.660. The predicted octanol–water partition coefficient (Wildman–Crippen LogP) is 11.1. The van der Waals surface area contributed by atoms with Gasteiger partial charge in [0, 0.05) is 21.3 Å². The maximum atomic E-state index is 5.06. The van der Waals surface area contributed by atoms with Gasteiger partial charge in [-0.2, -0.15) is 0 Å². The first-order valence-corrected chi connectivity index (χ1v) is 17.4. The van der Waals surface area contributed by atoms with E-state index in [1.807, 2.05) is 0 Å². The molecule has 0 saturated heterocycles. The molecule has 0 bridgehead atoms. The molecule has 1 unspecified atom stereocenters. The Morgan fingerprint density at radius 2 is 1.11 bits per heavy atom. The molecule has 7 aromatic rings. The highest BCUT2D eigenvalue weighted by Gasteiger charge is 2.35. The van der Waals surface area contributed by atoms with Crippen molar-refractivity contribution in [2.45, 2.75) is 37.9 Å². The molecule has 226 valence electrons. The van der Waals surface area contributed by atoms with Gasteiger partial charge in [0.1, 0.15) is 0 Å². The third kappa shape index (κ3) is 4.58. The van der Waals surface area contributed by atoms with E-state index >= 15 is 0 Å². The number of fused-ring (bicyclic) bond motifs is 9. The second-order valence-electron chi connectivity index (χ2n) is 13.6. The standard InChI is InChI=1S/C45H35NS/c1-28-18-21-40-41-26-33(19-22-36(41)35-14-4-5-16-39(35)44(40)46-47-28)31-12-8-10-29(24-31)30-11-9-13-32(25-30)34-20-23-38-37-15-6-7-17-42(37)45(2,3)43(38)27-34/h4-17,19-28H,18H2,1-3H3. The van der Waals surface area contributed by atoms with Gasteiger partial charge >= 0.3 is 0 Å². The lowest BCUT2D eigenvalue weighted by atomic mass is 9.81. The molecule has 0 radical (unpaired) electrons. The molecule has 1 nitrogen and oxygen atoms in total. The van der Waals surface area contributed by atoms with Gasteiger partial charge in [-0.1, -0.05) is 136 Å². The molecular formula is C45H35NS. The van der Waals surface area contributed by atoms with Gasteiger partial charge in [-0.05, 0) is 114 Å². The second kappa shape index (κ2) is 10.8. The molecule has 7 aromatic carbocycles. The van der Waals surface area contributed by atoms with Crippen LogP contribution < -0.4 is 10.6 Å². The Labute approximate surface area is 280 Å². The fourth-order valence-electron chi connectivity index (χ4n) is 7.79. The summed E-state index contributed by atoms with van der Waals surface area (Å²) in [5.41, 5.74) is 12.9. The molecule has 47 heavy (non-hydrogen) atoms. The molecule has 1 heterocycles. The molecule has 0 saturated carbocycles. The van der Waals surface area contributed by atoms with Crippen LogP contribution in [0.4, 0.5) is 0 Å². The molecule has 1 atom stereocenters. The number of rotatable bonds is 3. The summed E-state index contributed by atoms with van der Waals surface area (Å²) in [5.74, 6) is 0. The molecule has 1 aliphatic heterocycles. The Hall–Kier alpha value is -4.92. The lowest BCUT2D eigenvalue weighted by Crippen LogP contribution is -2.26. The minimum Gasteiger partial charge on any atom is -0.215 e. The van der Waals surface area contributed by atoms with Crippen LogP contribution >= 0.6 is 11.9 Å². The minimum absolute atomic E-state index is 0.0126. The molecule has 9 rings (SSSR count). The SMILES string of the molecule is CC1CC=c2c(c3ccccc3c3ccc(-c4cccc(-c5cccc(-c6ccc7c(c6)C(C)(C)c6ccccc6-7)c5)c4)cc23)=NS1. The van der Waals surface area contributed by atoms with Crippen molar-refractivity contribution in [1.29, 1.82) is 0 Å². The van der Waals surface area contributed by atoms with Gasteiger partial charge in [-0.3, -0.25) is 0 Å². The fourth-order valence-corrected chi connectivity index (χ4v) is 8.46. The normalized spacial score (nSPS) is 16.1. The number of benzene rings is 7. The van der Waals surface area contributed by atoms with E-state index in [-0.39, 0.29) is 5.41 Å². The summed E-state index contributed by atoms with van der Waals surface area (Å²) < 4.78 is 5.06. The van der Waals surface area contributed by atoms with Crippen molar-refractivity contribution in [1.82, 2.24) is 0 Å². The summed E-state index contributed by atoms with van der Waals surface area (Å²) in [6.45, 7) is 6.96. The Kier molecular flexibility index (Phi) is 6.52. The van der Waals surface area contributed by atoms with Crippen LogP contribution in [0.15, 0.2) is 138 Å². The molecule has 2 heteroatoms. The zero-order valence-corrected chi connectivity index (χ0v) is 27.7. The zero-order chi connectivity index (χ0) is 31.7. The van der Waals surface area contributed by atoms with Gasteiger partial charge in [0.2, 0.25) is 0 Å². The molecule has 0 fully saturated rings. The number of hydrogen-bond donors (Lipinski definition) is 0. The molecule has 0 spiro atoms. The van der Waals surface area contributed by atoms with Gasteiger partial charge in [0.25, 0.3) is 0 Å². The highest BCUT2D eigenvalue weighted by molar-refractivity contribution is 7.98. The van der Waals surface area contributed by atoms with Crippen LogP contribution in [0, 0.1) is 0 Å². The van der Waals surface area contributed by atoms with E-state index in [1.54, 1.807) is 11.9 Å². The van der Waals surface area contributed by atoms with Crippen molar-refractivity contribution < 1.29 is 0 Å². The minimum atomic E-state index is -0.0126.